The number of nitrogens with zero attached hydrogens (tertiary/aromatic N) is 1. The van der Waals surface area contributed by atoms with Crippen molar-refractivity contribution < 1.29 is 23.5 Å². The maximum atomic E-state index is 14.0. The molecule has 2 amide bonds. The van der Waals surface area contributed by atoms with Crippen LogP contribution >= 0.6 is 39.9 Å². The molecule has 6 nitrogen and oxygen atoms in total. The maximum Gasteiger partial charge on any atom is 0.285 e. The van der Waals surface area contributed by atoms with Gasteiger partial charge in [-0.15, -0.1) is 0 Å². The first-order valence-electron chi connectivity index (χ1n) is 10.8. The number of thiocarbonyl (C=S) groups is 1. The van der Waals surface area contributed by atoms with Crippen molar-refractivity contribution >= 4 is 62.1 Å². The second-order valence-electron chi connectivity index (χ2n) is 7.47. The van der Waals surface area contributed by atoms with Gasteiger partial charge in [-0.05, 0) is 77.0 Å². The van der Waals surface area contributed by atoms with E-state index in [1.54, 1.807) is 66.7 Å². The van der Waals surface area contributed by atoms with Gasteiger partial charge < -0.3 is 9.47 Å². The molecule has 0 aliphatic carbocycles. The first kappa shape index (κ1) is 25.9. The fraction of sp³-hybridized carbons (Fsp3) is 0.115. The second-order valence-corrected chi connectivity index (χ2v) is 10.00. The first-order valence-corrected chi connectivity index (χ1v) is 12.9. The van der Waals surface area contributed by atoms with Crippen molar-refractivity contribution in [3.63, 3.8) is 0 Å². The number of nitrogens with one attached hydrogen (secondary N) is 1. The van der Waals surface area contributed by atoms with Gasteiger partial charge in [0.15, 0.2) is 15.8 Å². The third-order valence-corrected chi connectivity index (χ3v) is 6.89. The highest BCUT2D eigenvalue weighted by Crippen LogP contribution is 2.39. The van der Waals surface area contributed by atoms with E-state index >= 15 is 0 Å². The Morgan fingerprint density at radius 3 is 2.58 bits per heavy atom. The van der Waals surface area contributed by atoms with Crippen molar-refractivity contribution in [2.75, 3.05) is 6.61 Å². The molecule has 0 unspecified atom stereocenters. The van der Waals surface area contributed by atoms with E-state index in [4.69, 9.17) is 21.7 Å². The van der Waals surface area contributed by atoms with Gasteiger partial charge >= 0.3 is 0 Å². The monoisotopic (exact) mass is 586 g/mol. The Hall–Kier alpha value is -3.21. The molecular weight excluding hydrogens is 567 g/mol. The van der Waals surface area contributed by atoms with E-state index in [2.05, 4.69) is 21.4 Å². The first-order chi connectivity index (χ1) is 17.4. The zero-order chi connectivity index (χ0) is 25.7. The summed E-state index contributed by atoms with van der Waals surface area (Å²) in [6, 6.07) is 18.4. The van der Waals surface area contributed by atoms with E-state index in [1.807, 2.05) is 6.92 Å². The summed E-state index contributed by atoms with van der Waals surface area (Å²) >= 11 is 9.88. The Morgan fingerprint density at radius 2 is 1.86 bits per heavy atom. The number of thioether (sulfide) groups is 1. The molecule has 0 radical (unpaired) electrons. The Labute approximate surface area is 225 Å². The van der Waals surface area contributed by atoms with Crippen LogP contribution in [0.5, 0.6) is 11.5 Å². The summed E-state index contributed by atoms with van der Waals surface area (Å²) in [5.41, 5.74) is 4.03. The molecule has 1 aliphatic rings. The van der Waals surface area contributed by atoms with E-state index in [0.717, 1.165) is 16.8 Å². The lowest BCUT2D eigenvalue weighted by Gasteiger charge is -2.16. The van der Waals surface area contributed by atoms with Crippen molar-refractivity contribution in [3.8, 4) is 11.5 Å². The van der Waals surface area contributed by atoms with Gasteiger partial charge in [-0.25, -0.2) is 4.39 Å². The van der Waals surface area contributed by atoms with E-state index < -0.39 is 11.8 Å². The number of carbonyl (C=O) groups is 2. The highest BCUT2D eigenvalue weighted by Gasteiger charge is 2.34. The zero-order valence-electron chi connectivity index (χ0n) is 19.0. The molecule has 184 valence electrons. The van der Waals surface area contributed by atoms with Crippen LogP contribution in [0.2, 0.25) is 0 Å². The Bertz CT molecular complexity index is 1350. The number of benzene rings is 3. The Balaban J connectivity index is 1.54. The fourth-order valence-electron chi connectivity index (χ4n) is 3.31. The van der Waals surface area contributed by atoms with Crippen molar-refractivity contribution in [2.24, 2.45) is 0 Å². The molecule has 1 aliphatic heterocycles. The summed E-state index contributed by atoms with van der Waals surface area (Å²) in [6.07, 6.45) is 1.65. The fourth-order valence-corrected chi connectivity index (χ4v) is 5.06. The molecule has 0 saturated carbocycles. The van der Waals surface area contributed by atoms with Crippen molar-refractivity contribution in [3.05, 3.63) is 98.6 Å². The van der Waals surface area contributed by atoms with Crippen LogP contribution in [0.25, 0.3) is 6.08 Å². The van der Waals surface area contributed by atoms with Crippen LogP contribution < -0.4 is 14.9 Å². The quantitative estimate of drug-likeness (QED) is 0.254. The van der Waals surface area contributed by atoms with Crippen molar-refractivity contribution in [1.82, 2.24) is 10.4 Å². The van der Waals surface area contributed by atoms with Gasteiger partial charge in [-0.3, -0.25) is 15.0 Å². The van der Waals surface area contributed by atoms with Crippen LogP contribution in [0.1, 0.15) is 28.4 Å². The molecule has 4 rings (SSSR count). The standard InChI is InChI=1S/C26H20BrFN2O4S2/c1-2-33-21-13-16(12-19(27)23(21)34-15-18-10-6-7-11-20(18)28)14-22-25(32)30(26(35)36-22)29-24(31)17-8-4-3-5-9-17/h3-14H,2,15H2,1H3,(H,29,31)/b22-14-. The van der Waals surface area contributed by atoms with Gasteiger partial charge in [0, 0.05) is 11.1 Å². The molecule has 10 heteroatoms. The number of amides is 2. The van der Waals surface area contributed by atoms with Crippen LogP contribution in [-0.4, -0.2) is 27.8 Å². The number of rotatable bonds is 8. The van der Waals surface area contributed by atoms with Crippen molar-refractivity contribution in [2.45, 2.75) is 13.5 Å². The lowest BCUT2D eigenvalue weighted by atomic mass is 10.1. The summed E-state index contributed by atoms with van der Waals surface area (Å²) in [5.74, 6) is -0.388. The number of carbonyl (C=O) groups excluding carboxylic acids is 2. The molecule has 0 spiro atoms. The largest absolute Gasteiger partial charge is 0.490 e. The molecule has 0 bridgehead atoms. The topological polar surface area (TPSA) is 67.9 Å². The normalized spacial score (nSPS) is 14.3. The summed E-state index contributed by atoms with van der Waals surface area (Å²) in [5, 5.41) is 1.06. The van der Waals surface area contributed by atoms with Crippen molar-refractivity contribution in [1.29, 1.82) is 0 Å². The number of hydrazine groups is 1. The molecule has 36 heavy (non-hydrogen) atoms. The summed E-state index contributed by atoms with van der Waals surface area (Å²) in [7, 11) is 0. The number of hydrogen-bond donors (Lipinski definition) is 1. The van der Waals surface area contributed by atoms with Gasteiger partial charge in [-0.1, -0.05) is 48.2 Å². The highest BCUT2D eigenvalue weighted by atomic mass is 79.9. The summed E-state index contributed by atoms with van der Waals surface area (Å²) in [6.45, 7) is 2.23. The smallest absolute Gasteiger partial charge is 0.285 e. The van der Waals surface area contributed by atoms with Gasteiger partial charge in [0.05, 0.1) is 16.0 Å². The van der Waals surface area contributed by atoms with Gasteiger partial charge in [0.2, 0.25) is 0 Å². The lowest BCUT2D eigenvalue weighted by Crippen LogP contribution is -2.44. The molecule has 1 heterocycles. The van der Waals surface area contributed by atoms with E-state index in [-0.39, 0.29) is 16.7 Å². The van der Waals surface area contributed by atoms with Gasteiger partial charge in [0.1, 0.15) is 12.4 Å². The second kappa shape index (κ2) is 11.7. The zero-order valence-corrected chi connectivity index (χ0v) is 22.2. The van der Waals surface area contributed by atoms with Crippen LogP contribution in [0.15, 0.2) is 76.1 Å². The van der Waals surface area contributed by atoms with Crippen LogP contribution in [0.4, 0.5) is 4.39 Å². The molecule has 1 fully saturated rings. The van der Waals surface area contributed by atoms with E-state index in [1.165, 1.54) is 6.07 Å². The predicted octanol–water partition coefficient (Wildman–Crippen LogP) is 6.11. The van der Waals surface area contributed by atoms with Gasteiger partial charge in [0.25, 0.3) is 11.8 Å². The Kier molecular flexibility index (Phi) is 8.40. The van der Waals surface area contributed by atoms with E-state index in [9.17, 15) is 14.0 Å². The number of ether oxygens (including phenoxy) is 2. The molecule has 3 aromatic carbocycles. The molecular formula is C26H20BrFN2O4S2. The molecule has 1 saturated heterocycles. The average Bonchev–Trinajstić information content (AvgIpc) is 3.12. The maximum absolute atomic E-state index is 14.0. The van der Waals surface area contributed by atoms with Gasteiger partial charge in [-0.2, -0.15) is 5.01 Å². The van der Waals surface area contributed by atoms with Crippen LogP contribution in [-0.2, 0) is 11.4 Å². The third kappa shape index (κ3) is 5.95. The number of hydrogen-bond acceptors (Lipinski definition) is 6. The average molecular weight is 587 g/mol. The molecule has 0 aromatic heterocycles. The van der Waals surface area contributed by atoms with Crippen LogP contribution in [0.3, 0.4) is 0 Å². The SMILES string of the molecule is CCOc1cc(/C=C2\SC(=S)N(NC(=O)c3ccccc3)C2=O)cc(Br)c1OCc1ccccc1F. The Morgan fingerprint density at radius 1 is 1.14 bits per heavy atom. The molecule has 1 N–H and O–H groups in total. The minimum absolute atomic E-state index is 0.0183. The molecule has 0 atom stereocenters. The third-order valence-electron chi connectivity index (χ3n) is 5.00. The lowest BCUT2D eigenvalue weighted by molar-refractivity contribution is -0.123. The van der Waals surface area contributed by atoms with Crippen LogP contribution in [0, 0.1) is 5.82 Å². The number of halogens is 2. The van der Waals surface area contributed by atoms with E-state index in [0.29, 0.717) is 44.2 Å². The summed E-state index contributed by atoms with van der Waals surface area (Å²) in [4.78, 5) is 25.8. The predicted molar refractivity (Wildman–Crippen MR) is 145 cm³/mol. The molecule has 3 aromatic rings. The highest BCUT2D eigenvalue weighted by molar-refractivity contribution is 9.10. The minimum Gasteiger partial charge on any atom is -0.490 e. The minimum atomic E-state index is -0.441. The summed E-state index contributed by atoms with van der Waals surface area (Å²) < 4.78 is 26.4.